The van der Waals surface area contributed by atoms with Crippen molar-refractivity contribution >= 4 is 58.9 Å². The minimum absolute atomic E-state index is 0.00838. The molecule has 0 saturated carbocycles. The second-order valence-electron chi connectivity index (χ2n) is 21.0. The molecule has 4 bridgehead atoms. The van der Waals surface area contributed by atoms with Gasteiger partial charge >= 0.3 is 12.2 Å². The Hall–Kier alpha value is -8.26. The summed E-state index contributed by atoms with van der Waals surface area (Å²) in [5.41, 5.74) is 12.6. The van der Waals surface area contributed by atoms with Crippen molar-refractivity contribution in [3.8, 4) is 34.5 Å². The van der Waals surface area contributed by atoms with Gasteiger partial charge in [0.15, 0.2) is 46.7 Å². The lowest BCUT2D eigenvalue weighted by atomic mass is 9.91. The third-order valence-electron chi connectivity index (χ3n) is 14.6. The average molecular weight is 1200 g/mol. The molecule has 0 aromatic heterocycles. The molecule has 0 aliphatic carbocycles. The predicted molar refractivity (Wildman–Crippen MR) is 328 cm³/mol. The normalized spacial score (nSPS) is 27.8. The minimum Gasteiger partial charge on any atom is -0.505 e. The fourth-order valence-electron chi connectivity index (χ4n) is 9.91. The number of carbonyl (C=O) groups excluding carboxylic acids is 4. The molecule has 24 nitrogen and oxygen atoms in total. The highest BCUT2D eigenvalue weighted by atomic mass is 16.6. The number of nitrogens with two attached hydrogens (primary N) is 2. The number of rotatable bonds is 14. The molecule has 472 valence electrons. The third kappa shape index (κ3) is 18.1. The number of hydrogen-bond donors (Lipinski definition) is 12. The molecule has 4 rings (SSSR count). The topological polar surface area (TPSA) is 364 Å². The van der Waals surface area contributed by atoms with E-state index in [1.165, 1.54) is 93.0 Å². The highest BCUT2D eigenvalue weighted by Crippen LogP contribution is 2.52. The van der Waals surface area contributed by atoms with Gasteiger partial charge in [-0.3, -0.25) is 9.59 Å². The van der Waals surface area contributed by atoms with Crippen LogP contribution in [0.2, 0.25) is 0 Å². The maximum absolute atomic E-state index is 14.0. The molecule has 10 atom stereocenters. The quantitative estimate of drug-likeness (QED) is 0.0484. The maximum Gasteiger partial charge on any atom is 0.405 e. The molecule has 2 aromatic carbocycles. The van der Waals surface area contributed by atoms with E-state index < -0.39 is 108 Å². The van der Waals surface area contributed by atoms with Crippen molar-refractivity contribution < 1.29 is 87.7 Å². The summed E-state index contributed by atoms with van der Waals surface area (Å²) in [5.74, 6) is -4.83. The molecule has 24 heteroatoms. The molecule has 0 saturated heterocycles. The summed E-state index contributed by atoms with van der Waals surface area (Å²) in [5, 5.41) is 82.5. The molecule has 0 radical (unpaired) electrons. The Labute approximate surface area is 502 Å². The molecule has 4 amide bonds. The summed E-state index contributed by atoms with van der Waals surface area (Å²) >= 11 is 0. The number of methoxy groups -OCH3 is 6. The van der Waals surface area contributed by atoms with Crippen LogP contribution in [-0.4, -0.2) is 159 Å². The van der Waals surface area contributed by atoms with Crippen LogP contribution in [0.3, 0.4) is 0 Å². The van der Waals surface area contributed by atoms with Gasteiger partial charge in [0.2, 0.25) is 0 Å². The van der Waals surface area contributed by atoms with Crippen LogP contribution in [0.4, 0.5) is 32.3 Å². The second kappa shape index (κ2) is 32.9. The fraction of sp³-hybridized carbons (Fsp3) is 0.452. The van der Waals surface area contributed by atoms with Crippen molar-refractivity contribution in [2.45, 2.75) is 117 Å². The number of phenolic OH excluding ortho intramolecular Hbond substituents is 4. The summed E-state index contributed by atoms with van der Waals surface area (Å²) in [4.78, 5) is 52.1. The van der Waals surface area contributed by atoms with E-state index >= 15 is 0 Å². The lowest BCUT2D eigenvalue weighted by Crippen LogP contribution is -2.36. The van der Waals surface area contributed by atoms with Gasteiger partial charge in [-0.15, -0.1) is 0 Å². The van der Waals surface area contributed by atoms with Crippen molar-refractivity contribution in [3.05, 3.63) is 105 Å². The number of primary amides is 2. The van der Waals surface area contributed by atoms with E-state index in [0.29, 0.717) is 22.3 Å². The number of aliphatic hydroxyl groups excluding tert-OH is 2. The number of hydrogen-bond acceptors (Lipinski definition) is 20. The number of anilines is 4. The monoisotopic (exact) mass is 1200 g/mol. The lowest BCUT2D eigenvalue weighted by Gasteiger charge is -2.28. The van der Waals surface area contributed by atoms with E-state index in [9.17, 15) is 49.8 Å². The third-order valence-corrected chi connectivity index (χ3v) is 14.6. The van der Waals surface area contributed by atoms with E-state index in [1.807, 2.05) is 0 Å². The van der Waals surface area contributed by atoms with Gasteiger partial charge in [0.05, 0.1) is 49.8 Å². The standard InChI is InChI=1S/C62H86N6O18/c1-31-25-39-51(71)47(67-59(75)33(3)19-17-21-41(79-9)55(85-61(63)77)37(7)29-35(5)49(69)43(27-31)81-11)45(53(73)57(39)83-13)65-23-15-16-24-66-46-48-52(72)40(58(84-14)54(46)74)26-32(2)28-44(82-12)50(70)36(6)30-38(8)56(86-62(64)78)42(80-10)22-18-20-34(4)60(76)68-48/h15-22,25-26,29-30,35-36,41-44,49-50,55-56,65-66,69-74H,23-24,27-28H2,1-14H3,(H2,63,77)(H2,64,78)(H,67,75)(H,68,76)/b16-15+,21-17?,22-18?,31-25+,32-26+,33-19+,34-20+,37-29+,38-30+/t35-,36-,41-,42-,43-,44-,49+,50+,55-,56-/m0/s1. The zero-order valence-corrected chi connectivity index (χ0v) is 51.3. The Morgan fingerprint density at radius 3 is 1.23 bits per heavy atom. The van der Waals surface area contributed by atoms with Gasteiger partial charge in [-0.2, -0.15) is 0 Å². The Kier molecular flexibility index (Phi) is 26.8. The lowest BCUT2D eigenvalue weighted by molar-refractivity contribution is -0.113. The first-order chi connectivity index (χ1) is 40.7. The summed E-state index contributed by atoms with van der Waals surface area (Å²) in [6.07, 6.45) is 9.15. The Bertz CT molecular complexity index is 2850. The van der Waals surface area contributed by atoms with Gasteiger partial charge < -0.3 is 101 Å². The van der Waals surface area contributed by atoms with Gasteiger partial charge in [-0.25, -0.2) is 9.59 Å². The fourth-order valence-corrected chi connectivity index (χ4v) is 9.91. The van der Waals surface area contributed by atoms with Crippen molar-refractivity contribution in [2.24, 2.45) is 23.3 Å². The van der Waals surface area contributed by atoms with Crippen LogP contribution >= 0.6 is 0 Å². The molecule has 0 unspecified atom stereocenters. The first-order valence-corrected chi connectivity index (χ1v) is 27.6. The number of allylic oxidation sites excluding steroid dienone is 4. The van der Waals surface area contributed by atoms with E-state index in [1.54, 1.807) is 78.0 Å². The summed E-state index contributed by atoms with van der Waals surface area (Å²) in [6, 6.07) is 0. The number of nitrogens with one attached hydrogen (secondary N) is 4. The van der Waals surface area contributed by atoms with Crippen molar-refractivity contribution in [1.82, 2.24) is 0 Å². The number of phenols is 4. The number of aliphatic hydroxyl groups is 2. The molecular weight excluding hydrogens is 1120 g/mol. The summed E-state index contributed by atoms with van der Waals surface area (Å²) in [6.45, 7) is 13.2. The second-order valence-corrected chi connectivity index (χ2v) is 21.0. The highest BCUT2D eigenvalue weighted by Gasteiger charge is 2.33. The zero-order chi connectivity index (χ0) is 64.3. The van der Waals surface area contributed by atoms with Gasteiger partial charge in [-0.1, -0.05) is 85.8 Å². The molecule has 2 aliphatic heterocycles. The minimum atomic E-state index is -1.10. The molecule has 86 heavy (non-hydrogen) atoms. The van der Waals surface area contributed by atoms with Crippen LogP contribution < -0.4 is 42.2 Å². The van der Waals surface area contributed by atoms with Crippen LogP contribution in [0.25, 0.3) is 12.2 Å². The van der Waals surface area contributed by atoms with Gasteiger partial charge in [0.25, 0.3) is 11.8 Å². The van der Waals surface area contributed by atoms with Gasteiger partial charge in [0, 0.05) is 64.5 Å². The van der Waals surface area contributed by atoms with E-state index in [4.69, 9.17) is 49.4 Å². The van der Waals surface area contributed by atoms with Crippen LogP contribution in [-0.2, 0) is 38.0 Å². The molecule has 0 fully saturated rings. The Morgan fingerprint density at radius 1 is 0.581 bits per heavy atom. The Morgan fingerprint density at radius 2 is 0.930 bits per heavy atom. The SMILES string of the molecule is COc1c(O)c(NC/C=C/CNc2c(O)c(OC)c3c(O)c2NC(=O)/C(C)=C/C=C[C@H](OC)[C@@H](OC(N)=O)/C(C)=C/[C@H](C)[C@@H](O)[C@@H](OC)C/C(C)=C/3)c2c(O)c1/C=C(\C)C[C@H](OC)[C@H](O)[C@@H](C)/C=C(\C)[C@H](OC(N)=O)[C@@H](OC)C=C/C=C(\C)C(=O)N2. The van der Waals surface area contributed by atoms with E-state index in [0.717, 1.165) is 0 Å². The smallest absolute Gasteiger partial charge is 0.405 e. The number of aromatic hydroxyl groups is 4. The number of ether oxygens (including phenoxy) is 8. The largest absolute Gasteiger partial charge is 0.505 e. The molecule has 2 heterocycles. The molecule has 2 aromatic rings. The molecule has 14 N–H and O–H groups in total. The molecule has 0 spiro atoms. The van der Waals surface area contributed by atoms with Gasteiger partial charge in [-0.05, 0) is 77.7 Å². The number of carbonyl (C=O) groups is 4. The zero-order valence-electron chi connectivity index (χ0n) is 51.3. The average Bonchev–Trinajstić information content (AvgIpc) is 1.10. The van der Waals surface area contributed by atoms with Crippen LogP contribution in [0.15, 0.2) is 94.2 Å². The van der Waals surface area contributed by atoms with Crippen molar-refractivity contribution in [1.29, 1.82) is 0 Å². The maximum atomic E-state index is 14.0. The van der Waals surface area contributed by atoms with Crippen LogP contribution in [0.1, 0.15) is 79.4 Å². The number of fused-ring (bicyclic) bond motifs is 4. The number of benzene rings is 2. The number of amides is 4. The Balaban J connectivity index is 1.80. The van der Waals surface area contributed by atoms with Crippen LogP contribution in [0, 0.1) is 11.8 Å². The molecular formula is C62H86N6O18. The highest BCUT2D eigenvalue weighted by molar-refractivity contribution is 6.09. The van der Waals surface area contributed by atoms with Crippen LogP contribution in [0.5, 0.6) is 34.5 Å². The first-order valence-electron chi connectivity index (χ1n) is 27.6. The predicted octanol–water partition coefficient (Wildman–Crippen LogP) is 7.98. The van der Waals surface area contributed by atoms with Gasteiger partial charge in [0.1, 0.15) is 35.0 Å². The summed E-state index contributed by atoms with van der Waals surface area (Å²) in [7, 11) is 8.23. The van der Waals surface area contributed by atoms with E-state index in [2.05, 4.69) is 21.3 Å². The summed E-state index contributed by atoms with van der Waals surface area (Å²) < 4.78 is 45.1. The van der Waals surface area contributed by atoms with Crippen molar-refractivity contribution in [3.63, 3.8) is 0 Å². The first kappa shape index (κ1) is 70.2. The van der Waals surface area contributed by atoms with Crippen molar-refractivity contribution in [2.75, 3.05) is 77.0 Å². The van der Waals surface area contributed by atoms with E-state index in [-0.39, 0.29) is 82.5 Å². The molecule has 2 aliphatic rings.